The summed E-state index contributed by atoms with van der Waals surface area (Å²) in [5.41, 5.74) is 0.589. The van der Waals surface area contributed by atoms with Crippen LogP contribution in [0.2, 0.25) is 10.0 Å². The molecule has 1 aromatic carbocycles. The molecular formula is C16H20Cl2N3O3S+. The minimum atomic E-state index is -3.60. The Morgan fingerprint density at radius 3 is 2.48 bits per heavy atom. The van der Waals surface area contributed by atoms with Gasteiger partial charge < -0.3 is 4.90 Å². The number of quaternary nitrogens is 1. The topological polar surface area (TPSA) is 63.8 Å². The summed E-state index contributed by atoms with van der Waals surface area (Å²) in [4.78, 5) is 13.1. The third-order valence-corrected chi connectivity index (χ3v) is 6.36. The van der Waals surface area contributed by atoms with Crippen LogP contribution in [0.4, 0.5) is 0 Å². The van der Waals surface area contributed by atoms with Crippen LogP contribution < -0.4 is 10.5 Å². The molecule has 0 bridgehead atoms. The zero-order valence-electron chi connectivity index (χ0n) is 14.2. The van der Waals surface area contributed by atoms with Crippen LogP contribution in [0.15, 0.2) is 46.2 Å². The minimum absolute atomic E-state index is 0.0747. The van der Waals surface area contributed by atoms with Gasteiger partial charge in [-0.25, -0.2) is 12.7 Å². The maximum Gasteiger partial charge on any atom is 0.254 e. The van der Waals surface area contributed by atoms with E-state index in [1.165, 1.54) is 37.0 Å². The molecule has 1 N–H and O–H groups in total. The molecular weight excluding hydrogens is 385 g/mol. The zero-order chi connectivity index (χ0) is 18.8. The number of rotatable bonds is 6. The molecule has 0 saturated heterocycles. The number of nitrogens with one attached hydrogen (secondary N) is 1. The van der Waals surface area contributed by atoms with Gasteiger partial charge in [0.15, 0.2) is 6.67 Å². The van der Waals surface area contributed by atoms with Gasteiger partial charge in [0.25, 0.3) is 5.56 Å². The van der Waals surface area contributed by atoms with Crippen molar-refractivity contribution in [1.82, 2.24) is 8.87 Å². The van der Waals surface area contributed by atoms with Crippen LogP contribution in [-0.2, 0) is 23.2 Å². The third-order valence-electron chi connectivity index (χ3n) is 3.70. The van der Waals surface area contributed by atoms with Crippen LogP contribution in [-0.4, -0.2) is 38.4 Å². The van der Waals surface area contributed by atoms with Crippen molar-refractivity contribution in [2.45, 2.75) is 18.1 Å². The molecule has 0 aliphatic carbocycles. The largest absolute Gasteiger partial charge is 0.316 e. The molecule has 1 unspecified atom stereocenters. The molecule has 9 heteroatoms. The lowest BCUT2D eigenvalue weighted by atomic mass is 10.2. The normalized spacial score (nSPS) is 13.2. The molecule has 1 atom stereocenters. The minimum Gasteiger partial charge on any atom is -0.316 e. The number of hydrogen-bond donors (Lipinski definition) is 1. The van der Waals surface area contributed by atoms with Gasteiger partial charge >= 0.3 is 0 Å². The summed E-state index contributed by atoms with van der Waals surface area (Å²) in [6, 6.07) is 7.97. The van der Waals surface area contributed by atoms with Gasteiger partial charge in [0.1, 0.15) is 6.54 Å². The van der Waals surface area contributed by atoms with E-state index in [1.807, 2.05) is 19.2 Å². The summed E-state index contributed by atoms with van der Waals surface area (Å²) in [5, 5.41) is 0.961. The Bertz CT molecular complexity index is 926. The van der Waals surface area contributed by atoms with Crippen LogP contribution in [0.25, 0.3) is 0 Å². The fraction of sp³-hybridized carbons (Fsp3) is 0.312. The summed E-state index contributed by atoms with van der Waals surface area (Å²) in [6.07, 6.45) is 1.36. The SMILES string of the molecule is CN(C)S(=O)(=O)c1ccc(=O)n(C[NH+](C)Cc2cccc(Cl)c2Cl)c1. The van der Waals surface area contributed by atoms with Gasteiger partial charge in [0, 0.05) is 31.9 Å². The van der Waals surface area contributed by atoms with Gasteiger partial charge in [-0.3, -0.25) is 9.36 Å². The Morgan fingerprint density at radius 1 is 1.16 bits per heavy atom. The number of nitrogens with zero attached hydrogens (tertiary/aromatic N) is 2. The van der Waals surface area contributed by atoms with E-state index in [0.717, 1.165) is 14.8 Å². The molecule has 0 spiro atoms. The molecule has 1 aromatic heterocycles. The van der Waals surface area contributed by atoms with E-state index in [-0.39, 0.29) is 10.5 Å². The highest BCUT2D eigenvalue weighted by Gasteiger charge is 2.19. The lowest BCUT2D eigenvalue weighted by Gasteiger charge is -2.18. The van der Waals surface area contributed by atoms with Crippen molar-refractivity contribution < 1.29 is 13.3 Å². The van der Waals surface area contributed by atoms with Crippen LogP contribution >= 0.6 is 23.2 Å². The first-order chi connectivity index (χ1) is 11.6. The highest BCUT2D eigenvalue weighted by molar-refractivity contribution is 7.89. The number of sulfonamides is 1. The quantitative estimate of drug-likeness (QED) is 0.783. The van der Waals surface area contributed by atoms with Crippen molar-refractivity contribution >= 4 is 33.2 Å². The predicted molar refractivity (Wildman–Crippen MR) is 98.6 cm³/mol. The third kappa shape index (κ3) is 4.62. The molecule has 25 heavy (non-hydrogen) atoms. The molecule has 2 rings (SSSR count). The predicted octanol–water partition coefficient (Wildman–Crippen LogP) is 1.08. The Kier molecular flexibility index (Phi) is 6.29. The first kappa shape index (κ1) is 19.9. The summed E-state index contributed by atoms with van der Waals surface area (Å²) in [7, 11) is 1.18. The highest BCUT2D eigenvalue weighted by atomic mass is 35.5. The fourth-order valence-electron chi connectivity index (χ4n) is 2.35. The van der Waals surface area contributed by atoms with Crippen LogP contribution in [0.5, 0.6) is 0 Å². The standard InChI is InChI=1S/C16H19Cl2N3O3S/c1-19(2)25(23,24)13-7-8-15(22)21(10-13)11-20(3)9-12-5-4-6-14(17)16(12)18/h4-8,10H,9,11H2,1-3H3/p+1. The molecule has 0 aliphatic rings. The van der Waals surface area contributed by atoms with Crippen LogP contribution in [0.3, 0.4) is 0 Å². The summed E-state index contributed by atoms with van der Waals surface area (Å²) in [5.74, 6) is 0. The Hall–Kier alpha value is -1.38. The maximum atomic E-state index is 12.2. The Balaban J connectivity index is 2.25. The van der Waals surface area contributed by atoms with Crippen molar-refractivity contribution in [2.24, 2.45) is 0 Å². The van der Waals surface area contributed by atoms with Crippen molar-refractivity contribution in [3.63, 3.8) is 0 Å². The molecule has 0 aliphatic heterocycles. The van der Waals surface area contributed by atoms with E-state index < -0.39 is 10.0 Å². The fourth-order valence-corrected chi connectivity index (χ4v) is 3.66. The first-order valence-electron chi connectivity index (χ1n) is 7.50. The van der Waals surface area contributed by atoms with Gasteiger partial charge in [0.05, 0.1) is 22.0 Å². The average molecular weight is 405 g/mol. The number of pyridine rings is 1. The number of benzene rings is 1. The van der Waals surface area contributed by atoms with Gasteiger partial charge in [0.2, 0.25) is 10.0 Å². The van der Waals surface area contributed by atoms with E-state index in [0.29, 0.717) is 23.3 Å². The second kappa shape index (κ2) is 7.88. The van der Waals surface area contributed by atoms with Gasteiger partial charge in [-0.05, 0) is 12.1 Å². The number of halogens is 2. The van der Waals surface area contributed by atoms with Gasteiger partial charge in [-0.2, -0.15) is 0 Å². The Labute approximate surface area is 157 Å². The van der Waals surface area contributed by atoms with Crippen molar-refractivity contribution in [3.05, 3.63) is 62.5 Å². The van der Waals surface area contributed by atoms with Crippen molar-refractivity contribution in [2.75, 3.05) is 21.1 Å². The molecule has 0 amide bonds. The van der Waals surface area contributed by atoms with Gasteiger partial charge in [-0.15, -0.1) is 0 Å². The second-order valence-electron chi connectivity index (χ2n) is 5.97. The molecule has 6 nitrogen and oxygen atoms in total. The maximum absolute atomic E-state index is 12.2. The van der Waals surface area contributed by atoms with Gasteiger partial charge in [-0.1, -0.05) is 35.3 Å². The summed E-state index contributed by atoms with van der Waals surface area (Å²) < 4.78 is 26.9. The Morgan fingerprint density at radius 2 is 1.84 bits per heavy atom. The molecule has 1 heterocycles. The average Bonchev–Trinajstić information content (AvgIpc) is 2.53. The molecule has 136 valence electrons. The number of aromatic nitrogens is 1. The van der Waals surface area contributed by atoms with Crippen LogP contribution in [0.1, 0.15) is 5.56 Å². The van der Waals surface area contributed by atoms with E-state index in [1.54, 1.807) is 6.07 Å². The van der Waals surface area contributed by atoms with E-state index in [4.69, 9.17) is 23.2 Å². The smallest absolute Gasteiger partial charge is 0.254 e. The van der Waals surface area contributed by atoms with Crippen molar-refractivity contribution in [1.29, 1.82) is 0 Å². The molecule has 0 saturated carbocycles. The lowest BCUT2D eigenvalue weighted by molar-refractivity contribution is -0.917. The van der Waals surface area contributed by atoms with E-state index in [2.05, 4.69) is 0 Å². The molecule has 2 aromatic rings. The van der Waals surface area contributed by atoms with Crippen molar-refractivity contribution in [3.8, 4) is 0 Å². The summed E-state index contributed by atoms with van der Waals surface area (Å²) in [6.45, 7) is 0.828. The van der Waals surface area contributed by atoms with Crippen LogP contribution in [0, 0.1) is 0 Å². The zero-order valence-corrected chi connectivity index (χ0v) is 16.5. The second-order valence-corrected chi connectivity index (χ2v) is 8.90. The van der Waals surface area contributed by atoms with E-state index in [9.17, 15) is 13.2 Å². The van der Waals surface area contributed by atoms with E-state index >= 15 is 0 Å². The molecule has 0 radical (unpaired) electrons. The highest BCUT2D eigenvalue weighted by Crippen LogP contribution is 2.24. The summed E-state index contributed by atoms with van der Waals surface area (Å²) >= 11 is 12.2. The lowest BCUT2D eigenvalue weighted by Crippen LogP contribution is -3.07. The monoisotopic (exact) mass is 404 g/mol. The number of hydrogen-bond acceptors (Lipinski definition) is 3. The first-order valence-corrected chi connectivity index (χ1v) is 9.69. The molecule has 0 fully saturated rings.